The van der Waals surface area contributed by atoms with E-state index in [1.54, 1.807) is 12.1 Å². The number of halogens is 1. The summed E-state index contributed by atoms with van der Waals surface area (Å²) in [5, 5.41) is 5.04. The lowest BCUT2D eigenvalue weighted by atomic mass is 9.88. The lowest BCUT2D eigenvalue weighted by Crippen LogP contribution is -2.61. The molecule has 6 aromatic carbocycles. The van der Waals surface area contributed by atoms with Gasteiger partial charge in [0.15, 0.2) is 22.8 Å². The number of furan rings is 1. The second-order valence-corrected chi connectivity index (χ2v) is 21.6. The van der Waals surface area contributed by atoms with Gasteiger partial charge < -0.3 is 4.42 Å². The van der Waals surface area contributed by atoms with Gasteiger partial charge in [-0.15, -0.1) is 4.57 Å². The number of nitrogens with zero attached hydrogens (tertiary/aromatic N) is 3. The fraction of sp³-hybridized carbons (Fsp3) is 0.184. The van der Waals surface area contributed by atoms with E-state index in [9.17, 15) is 5.76 Å². The number of rotatable bonds is 4. The van der Waals surface area contributed by atoms with Crippen molar-refractivity contribution in [1.29, 1.82) is 0 Å². The van der Waals surface area contributed by atoms with Crippen LogP contribution in [-0.2, 0) is 12.2 Å². The van der Waals surface area contributed by atoms with Gasteiger partial charge in [-0.05, 0) is 83.2 Å². The van der Waals surface area contributed by atoms with Gasteiger partial charge in [0.25, 0.3) is 0 Å². The summed E-state index contributed by atoms with van der Waals surface area (Å²) in [4.78, 5) is 0. The Bertz CT molecular complexity index is 3280. The highest BCUT2D eigenvalue weighted by Crippen LogP contribution is 2.55. The van der Waals surface area contributed by atoms with E-state index >= 15 is 0 Å². The van der Waals surface area contributed by atoms with Crippen molar-refractivity contribution in [2.75, 3.05) is 0 Å². The quantitative estimate of drug-likeness (QED) is 0.130. The van der Waals surface area contributed by atoms with Gasteiger partial charge in [-0.25, -0.2) is 8.96 Å². The van der Waals surface area contributed by atoms with Crippen molar-refractivity contribution in [3.8, 4) is 22.6 Å². The predicted octanol–water partition coefficient (Wildman–Crippen LogP) is 10.7. The Morgan fingerprint density at radius 1 is 0.836 bits per heavy atom. The topological polar surface area (TPSA) is 25.8 Å². The molecule has 9 aromatic rings. The Hall–Kier alpha value is -5.85. The maximum absolute atomic E-state index is 14.9. The van der Waals surface area contributed by atoms with E-state index in [1.807, 2.05) is 32.0 Å². The zero-order chi connectivity index (χ0) is 41.0. The third kappa shape index (κ3) is 4.32. The van der Waals surface area contributed by atoms with Crippen molar-refractivity contribution in [2.45, 2.75) is 58.4 Å². The summed E-state index contributed by atoms with van der Waals surface area (Å²) in [6, 6.07) is 40.1. The highest BCUT2D eigenvalue weighted by molar-refractivity contribution is 6.89. The number of aryl methyl sites for hydroxylation is 1. The largest absolute Gasteiger partial charge is 0.455 e. The predicted molar refractivity (Wildman–Crippen MR) is 223 cm³/mol. The molecule has 3 aromatic heterocycles. The van der Waals surface area contributed by atoms with Crippen LogP contribution in [0.1, 0.15) is 53.0 Å². The molecular weight excluding hydrogens is 694 g/mol. The lowest BCUT2D eigenvalue weighted by molar-refractivity contribution is -0.734. The molecule has 6 heteroatoms. The standard InChI is InChI=1S/C49H42FN3OSi/c1-29(2)38-26-41-37-18-16-30(3)22-40(37)49(52(41)28-45(38)55(4,5)6)39-21-20-36-35-19-17-34(50)25-44(35)54-47(36)46(39)48-51(27-31-12-8-7-9-13-31)42-23-32-14-10-11-15-33(32)24-43(42)53(48)49/h7-26,28-29H,27H2,1-6H3/q+2/i3D3,29D. The molecule has 0 radical (unpaired) electrons. The molecule has 0 fully saturated rings. The van der Waals surface area contributed by atoms with Crippen molar-refractivity contribution >= 4 is 57.0 Å². The molecule has 1 spiro atoms. The van der Waals surface area contributed by atoms with Gasteiger partial charge >= 0.3 is 11.5 Å². The first-order valence-electron chi connectivity index (χ1n) is 21.0. The van der Waals surface area contributed by atoms with Crippen LogP contribution in [0.2, 0.25) is 19.6 Å². The lowest BCUT2D eigenvalue weighted by Gasteiger charge is -2.25. The van der Waals surface area contributed by atoms with E-state index in [-0.39, 0.29) is 11.4 Å². The molecule has 0 saturated carbocycles. The van der Waals surface area contributed by atoms with E-state index in [1.165, 1.54) is 17.3 Å². The maximum atomic E-state index is 14.9. The average Bonchev–Trinajstić information content (AvgIpc) is 3.89. The summed E-state index contributed by atoms with van der Waals surface area (Å²) < 4.78 is 64.3. The zero-order valence-corrected chi connectivity index (χ0v) is 32.5. The van der Waals surface area contributed by atoms with Crippen molar-refractivity contribution in [1.82, 2.24) is 4.57 Å². The minimum atomic E-state index is -2.37. The van der Waals surface area contributed by atoms with Crippen LogP contribution in [-0.4, -0.2) is 12.6 Å². The minimum absolute atomic E-state index is 0.254. The second-order valence-electron chi connectivity index (χ2n) is 16.6. The Morgan fingerprint density at radius 3 is 2.36 bits per heavy atom. The molecule has 0 aliphatic carbocycles. The molecular formula is C49H42FN3OSi+2. The first-order chi connectivity index (χ1) is 28.0. The van der Waals surface area contributed by atoms with Gasteiger partial charge in [0.1, 0.15) is 23.5 Å². The molecule has 268 valence electrons. The first-order valence-corrected chi connectivity index (χ1v) is 22.5. The van der Waals surface area contributed by atoms with Crippen LogP contribution in [0.4, 0.5) is 4.39 Å². The van der Waals surface area contributed by atoms with Crippen LogP contribution in [0.15, 0.2) is 132 Å². The summed E-state index contributed by atoms with van der Waals surface area (Å²) in [5.74, 6) is -0.362. The van der Waals surface area contributed by atoms with Crippen LogP contribution in [0.5, 0.6) is 0 Å². The van der Waals surface area contributed by atoms with E-state index in [4.69, 9.17) is 8.53 Å². The molecule has 0 amide bonds. The van der Waals surface area contributed by atoms with Crippen LogP contribution in [0.3, 0.4) is 0 Å². The zero-order valence-electron chi connectivity index (χ0n) is 35.5. The smallest absolute Gasteiger partial charge is 0.364 e. The SMILES string of the molecule is [2H]C([2H])([2H])c1ccc2c(c1)C1(c3ccc4c(oc5cc(F)ccc54)c3-c3n1c1cc4ccccc4cc1[n+]3Cc1ccccc1)[n+]1cc([Si](C)(C)C)c(C([2H])(C)C)cc1-2. The van der Waals surface area contributed by atoms with E-state index in [0.29, 0.717) is 17.7 Å². The molecule has 5 heterocycles. The number of aromatic nitrogens is 3. The molecule has 0 saturated heterocycles. The number of imidazole rings is 1. The summed E-state index contributed by atoms with van der Waals surface area (Å²) in [5.41, 5.74) is 8.80. The maximum Gasteiger partial charge on any atom is 0.364 e. The van der Waals surface area contributed by atoms with Gasteiger partial charge in [0.05, 0.1) is 24.8 Å². The fourth-order valence-corrected chi connectivity index (χ4v) is 11.3. The van der Waals surface area contributed by atoms with Crippen molar-refractivity contribution in [3.63, 3.8) is 0 Å². The van der Waals surface area contributed by atoms with E-state index < -0.39 is 26.5 Å². The van der Waals surface area contributed by atoms with E-state index in [0.717, 1.165) is 77.5 Å². The van der Waals surface area contributed by atoms with Crippen LogP contribution in [0, 0.1) is 12.7 Å². The third-order valence-corrected chi connectivity index (χ3v) is 14.0. The summed E-state index contributed by atoms with van der Waals surface area (Å²) in [7, 11) is -2.13. The van der Waals surface area contributed by atoms with Crippen LogP contribution in [0.25, 0.3) is 66.4 Å². The van der Waals surface area contributed by atoms with Gasteiger partial charge in [-0.2, -0.15) is 4.57 Å². The van der Waals surface area contributed by atoms with Gasteiger partial charge in [0.2, 0.25) is 5.69 Å². The first kappa shape index (κ1) is 28.6. The number of benzene rings is 6. The van der Waals surface area contributed by atoms with Crippen LogP contribution < -0.4 is 14.3 Å². The minimum Gasteiger partial charge on any atom is -0.455 e. The fourth-order valence-electron chi connectivity index (χ4n) is 9.64. The van der Waals surface area contributed by atoms with Gasteiger partial charge in [-0.1, -0.05) is 99.7 Å². The molecule has 1 unspecified atom stereocenters. The Labute approximate surface area is 326 Å². The molecule has 0 N–H and O–H groups in total. The monoisotopic (exact) mass is 739 g/mol. The number of hydrogen-bond acceptors (Lipinski definition) is 1. The summed E-state index contributed by atoms with van der Waals surface area (Å²) in [6.07, 6.45) is 2.29. The molecule has 1 atom stereocenters. The molecule has 2 aliphatic rings. The number of fused-ring (bicyclic) bond motifs is 17. The molecule has 11 rings (SSSR count). The highest BCUT2D eigenvalue weighted by atomic mass is 28.3. The normalized spacial score (nSPS) is 17.3. The van der Waals surface area contributed by atoms with E-state index in [2.05, 4.69) is 118 Å². The Kier molecular flexibility index (Phi) is 5.77. The van der Waals surface area contributed by atoms with Crippen molar-refractivity contribution in [3.05, 3.63) is 161 Å². The molecule has 2 aliphatic heterocycles. The second kappa shape index (κ2) is 11.1. The Balaban J connectivity index is 1.41. The summed E-state index contributed by atoms with van der Waals surface area (Å²) in [6.45, 7) is 9.05. The van der Waals surface area contributed by atoms with Gasteiger partial charge in [-0.3, -0.25) is 0 Å². The third-order valence-electron chi connectivity index (χ3n) is 12.0. The number of hydrogen-bond donors (Lipinski definition) is 0. The van der Waals surface area contributed by atoms with Crippen molar-refractivity contribution in [2.24, 2.45) is 0 Å². The average molecular weight is 740 g/mol. The number of pyridine rings is 1. The van der Waals surface area contributed by atoms with Crippen LogP contribution >= 0.6 is 0 Å². The van der Waals surface area contributed by atoms with Gasteiger partial charge in [0, 0.05) is 33.6 Å². The molecule has 0 bridgehead atoms. The Morgan fingerprint density at radius 2 is 1.60 bits per heavy atom. The van der Waals surface area contributed by atoms with Crippen molar-refractivity contribution < 1.29 is 23.4 Å². The molecule has 4 nitrogen and oxygen atoms in total. The summed E-state index contributed by atoms with van der Waals surface area (Å²) >= 11 is 0. The molecule has 55 heavy (non-hydrogen) atoms. The highest BCUT2D eigenvalue weighted by Gasteiger charge is 2.67.